The summed E-state index contributed by atoms with van der Waals surface area (Å²) < 4.78 is 18.0. The third kappa shape index (κ3) is 2.19. The third-order valence-electron chi connectivity index (χ3n) is 2.15. The van der Waals surface area contributed by atoms with Crippen molar-refractivity contribution in [2.24, 2.45) is 5.73 Å². The minimum Gasteiger partial charge on any atom is -0.504 e. The Balaban J connectivity index is 3.17. The van der Waals surface area contributed by atoms with Gasteiger partial charge in [-0.2, -0.15) is 4.39 Å². The van der Waals surface area contributed by atoms with E-state index < -0.39 is 23.7 Å². The van der Waals surface area contributed by atoms with Gasteiger partial charge < -0.3 is 20.7 Å². The molecule has 0 aliphatic carbocycles. The van der Waals surface area contributed by atoms with Gasteiger partial charge in [-0.1, -0.05) is 0 Å². The lowest BCUT2D eigenvalue weighted by Gasteiger charge is -2.17. The minimum atomic E-state index is -1.11. The first-order valence-electron chi connectivity index (χ1n) is 4.48. The lowest BCUT2D eigenvalue weighted by atomic mass is 10.0. The zero-order chi connectivity index (χ0) is 11.6. The number of methoxy groups -OCH3 is 1. The van der Waals surface area contributed by atoms with Crippen LogP contribution < -0.4 is 10.5 Å². The summed E-state index contributed by atoms with van der Waals surface area (Å²) in [7, 11) is 1.29. The number of nitrogens with two attached hydrogens (primary N) is 1. The molecule has 0 aliphatic rings. The highest BCUT2D eigenvalue weighted by atomic mass is 19.1. The van der Waals surface area contributed by atoms with Crippen LogP contribution in [0, 0.1) is 5.82 Å². The summed E-state index contributed by atoms with van der Waals surface area (Å²) in [6, 6.07) is 2.12. The van der Waals surface area contributed by atoms with Crippen LogP contribution in [-0.2, 0) is 0 Å². The monoisotopic (exact) mass is 215 g/mol. The van der Waals surface area contributed by atoms with Crippen molar-refractivity contribution in [1.29, 1.82) is 0 Å². The van der Waals surface area contributed by atoms with Gasteiger partial charge in [0, 0.05) is 11.6 Å². The van der Waals surface area contributed by atoms with Gasteiger partial charge in [0.15, 0.2) is 11.5 Å². The predicted octanol–water partition coefficient (Wildman–Crippen LogP) is 0.920. The van der Waals surface area contributed by atoms with Gasteiger partial charge in [-0.25, -0.2) is 0 Å². The molecule has 0 saturated carbocycles. The van der Waals surface area contributed by atoms with E-state index in [1.54, 1.807) is 6.92 Å². The van der Waals surface area contributed by atoms with E-state index in [0.29, 0.717) is 0 Å². The Kier molecular flexibility index (Phi) is 3.49. The molecule has 1 aromatic rings. The Morgan fingerprint density at radius 1 is 1.47 bits per heavy atom. The van der Waals surface area contributed by atoms with Gasteiger partial charge in [0.2, 0.25) is 5.82 Å². The van der Waals surface area contributed by atoms with Crippen molar-refractivity contribution in [2.75, 3.05) is 7.11 Å². The molecular weight excluding hydrogens is 201 g/mol. The van der Waals surface area contributed by atoms with Crippen molar-refractivity contribution in [2.45, 2.75) is 19.1 Å². The average Bonchev–Trinajstić information content (AvgIpc) is 2.21. The highest BCUT2D eigenvalue weighted by Crippen LogP contribution is 2.33. The molecule has 5 heteroatoms. The van der Waals surface area contributed by atoms with Crippen LogP contribution in [-0.4, -0.2) is 23.4 Å². The van der Waals surface area contributed by atoms with E-state index in [1.807, 2.05) is 0 Å². The molecule has 1 rings (SSSR count). The van der Waals surface area contributed by atoms with Crippen LogP contribution in [0.5, 0.6) is 11.5 Å². The number of rotatable bonds is 3. The van der Waals surface area contributed by atoms with Gasteiger partial charge in [0.05, 0.1) is 13.2 Å². The van der Waals surface area contributed by atoms with Crippen LogP contribution in [0.25, 0.3) is 0 Å². The number of halogens is 1. The molecule has 0 amide bonds. The van der Waals surface area contributed by atoms with Crippen molar-refractivity contribution < 1.29 is 19.3 Å². The molecule has 0 bridgehead atoms. The summed E-state index contributed by atoms with van der Waals surface area (Å²) in [5.41, 5.74) is 5.50. The number of hydrogen-bond donors (Lipinski definition) is 3. The van der Waals surface area contributed by atoms with Crippen molar-refractivity contribution in [3.05, 3.63) is 23.5 Å². The van der Waals surface area contributed by atoms with Gasteiger partial charge in [0.1, 0.15) is 0 Å². The third-order valence-corrected chi connectivity index (χ3v) is 2.15. The van der Waals surface area contributed by atoms with Gasteiger partial charge in [-0.15, -0.1) is 0 Å². The van der Waals surface area contributed by atoms with Gasteiger partial charge in [0.25, 0.3) is 0 Å². The molecular formula is C10H14FNO3. The molecule has 0 radical (unpaired) electrons. The fraction of sp³-hybridized carbons (Fsp3) is 0.400. The molecule has 1 aromatic carbocycles. The zero-order valence-corrected chi connectivity index (χ0v) is 8.57. The number of ether oxygens (including phenoxy) is 1. The molecule has 4 N–H and O–H groups in total. The van der Waals surface area contributed by atoms with E-state index >= 15 is 0 Å². The summed E-state index contributed by atoms with van der Waals surface area (Å²) in [6.07, 6.45) is -1.11. The number of hydrogen-bond acceptors (Lipinski definition) is 4. The molecule has 0 spiro atoms. The van der Waals surface area contributed by atoms with Gasteiger partial charge >= 0.3 is 0 Å². The summed E-state index contributed by atoms with van der Waals surface area (Å²) in [6.45, 7) is 1.56. The molecule has 84 valence electrons. The lowest BCUT2D eigenvalue weighted by Crippen LogP contribution is -2.24. The first-order valence-corrected chi connectivity index (χ1v) is 4.48. The number of aliphatic hydroxyl groups is 1. The smallest absolute Gasteiger partial charge is 0.206 e. The van der Waals surface area contributed by atoms with Crippen molar-refractivity contribution in [1.82, 2.24) is 0 Å². The Hall–Kier alpha value is -1.33. The Morgan fingerprint density at radius 3 is 2.53 bits per heavy atom. The quantitative estimate of drug-likeness (QED) is 0.700. The van der Waals surface area contributed by atoms with Crippen molar-refractivity contribution in [3.63, 3.8) is 0 Å². The second-order valence-corrected chi connectivity index (χ2v) is 3.32. The maximum absolute atomic E-state index is 13.4. The summed E-state index contributed by atoms with van der Waals surface area (Å²) in [4.78, 5) is 0. The summed E-state index contributed by atoms with van der Waals surface area (Å²) in [5.74, 6) is -1.60. The summed E-state index contributed by atoms with van der Waals surface area (Å²) >= 11 is 0. The Morgan fingerprint density at radius 2 is 2.07 bits per heavy atom. The maximum Gasteiger partial charge on any atom is 0.206 e. The standard InChI is InChI=1S/C10H14FNO3/c1-5(12)9(13)6-3-4-7(15-2)8(11)10(6)14/h3-5,9,13-14H,12H2,1-2H3. The van der Waals surface area contributed by atoms with E-state index in [4.69, 9.17) is 5.73 Å². The largest absolute Gasteiger partial charge is 0.504 e. The molecule has 0 fully saturated rings. The van der Waals surface area contributed by atoms with Crippen LogP contribution >= 0.6 is 0 Å². The zero-order valence-electron chi connectivity index (χ0n) is 8.57. The van der Waals surface area contributed by atoms with Crippen LogP contribution in [0.15, 0.2) is 12.1 Å². The van der Waals surface area contributed by atoms with Gasteiger partial charge in [-0.05, 0) is 19.1 Å². The van der Waals surface area contributed by atoms with Crippen molar-refractivity contribution >= 4 is 0 Å². The normalized spacial score (nSPS) is 14.7. The molecule has 0 aliphatic heterocycles. The van der Waals surface area contributed by atoms with E-state index in [9.17, 15) is 14.6 Å². The number of benzene rings is 1. The fourth-order valence-electron chi connectivity index (χ4n) is 1.24. The molecule has 2 atom stereocenters. The fourth-order valence-corrected chi connectivity index (χ4v) is 1.24. The van der Waals surface area contributed by atoms with E-state index in [0.717, 1.165) is 0 Å². The Labute approximate surface area is 87.1 Å². The first kappa shape index (κ1) is 11.7. The van der Waals surface area contributed by atoms with Crippen LogP contribution in [0.4, 0.5) is 4.39 Å². The molecule has 0 aromatic heterocycles. The number of phenols is 1. The SMILES string of the molecule is COc1ccc(C(O)C(C)N)c(O)c1F. The highest BCUT2D eigenvalue weighted by molar-refractivity contribution is 5.43. The van der Waals surface area contributed by atoms with E-state index in [1.165, 1.54) is 19.2 Å². The molecule has 0 heterocycles. The first-order chi connectivity index (χ1) is 6.99. The Bertz CT molecular complexity index is 355. The number of aliphatic hydroxyl groups excluding tert-OH is 1. The highest BCUT2D eigenvalue weighted by Gasteiger charge is 2.21. The minimum absolute atomic E-state index is 0.0586. The second-order valence-electron chi connectivity index (χ2n) is 3.32. The van der Waals surface area contributed by atoms with Crippen LogP contribution in [0.3, 0.4) is 0 Å². The van der Waals surface area contributed by atoms with Crippen LogP contribution in [0.1, 0.15) is 18.6 Å². The predicted molar refractivity (Wildman–Crippen MR) is 53.2 cm³/mol. The second kappa shape index (κ2) is 4.46. The van der Waals surface area contributed by atoms with Crippen LogP contribution in [0.2, 0.25) is 0 Å². The number of aromatic hydroxyl groups is 1. The topological polar surface area (TPSA) is 75.7 Å². The average molecular weight is 215 g/mol. The molecule has 2 unspecified atom stereocenters. The molecule has 0 saturated heterocycles. The maximum atomic E-state index is 13.4. The van der Waals surface area contributed by atoms with E-state index in [2.05, 4.69) is 4.74 Å². The lowest BCUT2D eigenvalue weighted by molar-refractivity contribution is 0.148. The van der Waals surface area contributed by atoms with E-state index in [-0.39, 0.29) is 11.3 Å². The molecule has 15 heavy (non-hydrogen) atoms. The number of phenolic OH excluding ortho intramolecular Hbond substituents is 1. The van der Waals surface area contributed by atoms with Crippen molar-refractivity contribution in [3.8, 4) is 11.5 Å². The van der Waals surface area contributed by atoms with Gasteiger partial charge in [-0.3, -0.25) is 0 Å². The molecule has 4 nitrogen and oxygen atoms in total. The summed E-state index contributed by atoms with van der Waals surface area (Å²) in [5, 5.41) is 19.0.